The van der Waals surface area contributed by atoms with E-state index >= 15 is 0 Å². The van der Waals surface area contributed by atoms with Crippen LogP contribution in [-0.2, 0) is 6.54 Å². The third-order valence-corrected chi connectivity index (χ3v) is 2.32. The van der Waals surface area contributed by atoms with Crippen molar-refractivity contribution < 1.29 is 4.39 Å². The van der Waals surface area contributed by atoms with Crippen LogP contribution in [0.3, 0.4) is 0 Å². The number of halogens is 1. The van der Waals surface area contributed by atoms with Crippen molar-refractivity contribution in [3.63, 3.8) is 0 Å². The third-order valence-electron chi connectivity index (χ3n) is 2.32. The number of allylic oxidation sites excluding steroid dienone is 1. The average Bonchev–Trinajstić information content (AvgIpc) is 2.33. The zero-order chi connectivity index (χ0) is 12.3. The Kier molecular flexibility index (Phi) is 3.14. The highest BCUT2D eigenvalue weighted by Crippen LogP contribution is 2.18. The summed E-state index contributed by atoms with van der Waals surface area (Å²) in [6, 6.07) is 9.21. The first kappa shape index (κ1) is 11.3. The largest absolute Gasteiger partial charge is 0.268 e. The van der Waals surface area contributed by atoms with E-state index in [9.17, 15) is 9.18 Å². The molecule has 1 heterocycles. The van der Waals surface area contributed by atoms with Gasteiger partial charge in [0.25, 0.3) is 5.56 Å². The van der Waals surface area contributed by atoms with Crippen LogP contribution in [0.25, 0.3) is 11.3 Å². The zero-order valence-electron chi connectivity index (χ0n) is 9.14. The maximum absolute atomic E-state index is 13.5. The Morgan fingerprint density at radius 2 is 2.06 bits per heavy atom. The number of rotatable bonds is 3. The van der Waals surface area contributed by atoms with Gasteiger partial charge in [-0.3, -0.25) is 4.79 Å². The van der Waals surface area contributed by atoms with Gasteiger partial charge in [0.1, 0.15) is 5.82 Å². The normalized spacial score (nSPS) is 10.2. The van der Waals surface area contributed by atoms with Crippen LogP contribution in [0.15, 0.2) is 53.8 Å². The Labute approximate surface area is 97.8 Å². The molecule has 0 saturated heterocycles. The second kappa shape index (κ2) is 4.74. The summed E-state index contributed by atoms with van der Waals surface area (Å²) < 4.78 is 14.8. The smallest absolute Gasteiger partial charge is 0.267 e. The molecule has 17 heavy (non-hydrogen) atoms. The van der Waals surface area contributed by atoms with E-state index in [1.807, 2.05) is 0 Å². The highest BCUT2D eigenvalue weighted by molar-refractivity contribution is 5.58. The van der Waals surface area contributed by atoms with Crippen LogP contribution >= 0.6 is 0 Å². The summed E-state index contributed by atoms with van der Waals surface area (Å²) in [6.07, 6.45) is 1.57. The summed E-state index contributed by atoms with van der Waals surface area (Å²) in [6.45, 7) is 3.85. The predicted octanol–water partition coefficient (Wildman–Crippen LogP) is 2.24. The van der Waals surface area contributed by atoms with E-state index in [1.54, 1.807) is 24.3 Å². The standard InChI is InChI=1S/C13H11FN2O/c1-2-9-16-13(17)8-7-12(15-16)10-5-3-4-6-11(10)14/h2-8H,1,9H2. The fraction of sp³-hybridized carbons (Fsp3) is 0.0769. The molecule has 86 valence electrons. The van der Waals surface area contributed by atoms with E-state index in [0.717, 1.165) is 0 Å². The van der Waals surface area contributed by atoms with Gasteiger partial charge in [-0.2, -0.15) is 5.10 Å². The van der Waals surface area contributed by atoms with Gasteiger partial charge in [0, 0.05) is 11.6 Å². The molecule has 1 aromatic carbocycles. The summed E-state index contributed by atoms with van der Waals surface area (Å²) >= 11 is 0. The van der Waals surface area contributed by atoms with Gasteiger partial charge >= 0.3 is 0 Å². The molecule has 3 nitrogen and oxygen atoms in total. The quantitative estimate of drug-likeness (QED) is 0.758. The summed E-state index contributed by atoms with van der Waals surface area (Å²) in [5.41, 5.74) is 0.583. The first-order chi connectivity index (χ1) is 8.22. The van der Waals surface area contributed by atoms with Crippen LogP contribution < -0.4 is 5.56 Å². The molecule has 0 fully saturated rings. The molecule has 0 saturated carbocycles. The number of aromatic nitrogens is 2. The molecule has 0 radical (unpaired) electrons. The van der Waals surface area contributed by atoms with Gasteiger partial charge in [0.2, 0.25) is 0 Å². The molecule has 0 unspecified atom stereocenters. The molecule has 0 aliphatic heterocycles. The molecule has 0 aliphatic carbocycles. The minimum atomic E-state index is -0.358. The van der Waals surface area contributed by atoms with Crippen LogP contribution in [0.2, 0.25) is 0 Å². The topological polar surface area (TPSA) is 34.9 Å². The molecule has 0 atom stereocenters. The third kappa shape index (κ3) is 2.30. The van der Waals surface area contributed by atoms with Crippen LogP contribution in [0.5, 0.6) is 0 Å². The van der Waals surface area contributed by atoms with Crippen molar-refractivity contribution in [2.24, 2.45) is 0 Å². The van der Waals surface area contributed by atoms with E-state index in [1.165, 1.54) is 22.9 Å². The minimum Gasteiger partial charge on any atom is -0.268 e. The van der Waals surface area contributed by atoms with Crippen LogP contribution in [0.1, 0.15) is 0 Å². The van der Waals surface area contributed by atoms with Gasteiger partial charge in [-0.25, -0.2) is 9.07 Å². The van der Waals surface area contributed by atoms with Gasteiger partial charge in [-0.05, 0) is 18.2 Å². The van der Waals surface area contributed by atoms with E-state index in [-0.39, 0.29) is 11.4 Å². The second-order valence-corrected chi connectivity index (χ2v) is 3.51. The first-order valence-corrected chi connectivity index (χ1v) is 5.16. The Hall–Kier alpha value is -2.23. The SMILES string of the molecule is C=CCn1nc(-c2ccccc2F)ccc1=O. The van der Waals surface area contributed by atoms with Crippen molar-refractivity contribution in [1.82, 2.24) is 9.78 Å². The molecule has 2 rings (SSSR count). The molecule has 0 bridgehead atoms. The number of benzene rings is 1. The minimum absolute atomic E-state index is 0.231. The first-order valence-electron chi connectivity index (χ1n) is 5.16. The lowest BCUT2D eigenvalue weighted by molar-refractivity contribution is 0.623. The highest BCUT2D eigenvalue weighted by Gasteiger charge is 2.06. The Balaban J connectivity index is 2.54. The lowest BCUT2D eigenvalue weighted by atomic mass is 10.1. The van der Waals surface area contributed by atoms with Crippen molar-refractivity contribution >= 4 is 0 Å². The van der Waals surface area contributed by atoms with Gasteiger partial charge in [-0.15, -0.1) is 6.58 Å². The predicted molar refractivity (Wildman–Crippen MR) is 64.1 cm³/mol. The second-order valence-electron chi connectivity index (χ2n) is 3.51. The van der Waals surface area contributed by atoms with E-state index < -0.39 is 0 Å². The molecule has 0 N–H and O–H groups in total. The summed E-state index contributed by atoms with van der Waals surface area (Å²) in [7, 11) is 0. The fourth-order valence-electron chi connectivity index (χ4n) is 1.51. The average molecular weight is 230 g/mol. The van der Waals surface area contributed by atoms with Crippen molar-refractivity contribution in [2.45, 2.75) is 6.54 Å². The monoisotopic (exact) mass is 230 g/mol. The van der Waals surface area contributed by atoms with Gasteiger partial charge in [0.05, 0.1) is 12.2 Å². The molecule has 0 aliphatic rings. The molecule has 1 aromatic heterocycles. The fourth-order valence-corrected chi connectivity index (χ4v) is 1.51. The van der Waals surface area contributed by atoms with Gasteiger partial charge in [-0.1, -0.05) is 18.2 Å². The molecular formula is C13H11FN2O. The number of hydrogen-bond donors (Lipinski definition) is 0. The van der Waals surface area contributed by atoms with Crippen LogP contribution in [-0.4, -0.2) is 9.78 Å². The van der Waals surface area contributed by atoms with Crippen molar-refractivity contribution in [1.29, 1.82) is 0 Å². The van der Waals surface area contributed by atoms with Crippen molar-refractivity contribution in [2.75, 3.05) is 0 Å². The Morgan fingerprint density at radius 1 is 1.29 bits per heavy atom. The van der Waals surface area contributed by atoms with Gasteiger partial charge in [0.15, 0.2) is 0 Å². The maximum atomic E-state index is 13.5. The van der Waals surface area contributed by atoms with Crippen LogP contribution in [0.4, 0.5) is 4.39 Å². The zero-order valence-corrected chi connectivity index (χ0v) is 9.14. The Bertz CT molecular complexity index is 604. The lowest BCUT2D eigenvalue weighted by Gasteiger charge is -2.05. The molecule has 0 amide bonds. The van der Waals surface area contributed by atoms with Crippen molar-refractivity contribution in [3.05, 3.63) is 65.2 Å². The molecule has 4 heteroatoms. The summed E-state index contributed by atoms with van der Waals surface area (Å²) in [5, 5.41) is 4.09. The lowest BCUT2D eigenvalue weighted by Crippen LogP contribution is -2.21. The molecule has 0 spiro atoms. The summed E-state index contributed by atoms with van der Waals surface area (Å²) in [4.78, 5) is 11.4. The van der Waals surface area contributed by atoms with E-state index in [2.05, 4.69) is 11.7 Å². The van der Waals surface area contributed by atoms with Gasteiger partial charge < -0.3 is 0 Å². The maximum Gasteiger partial charge on any atom is 0.267 e. The number of hydrogen-bond acceptors (Lipinski definition) is 2. The van der Waals surface area contributed by atoms with E-state index in [0.29, 0.717) is 17.8 Å². The van der Waals surface area contributed by atoms with Crippen molar-refractivity contribution in [3.8, 4) is 11.3 Å². The molecular weight excluding hydrogens is 219 g/mol. The Morgan fingerprint density at radius 3 is 2.76 bits per heavy atom. The molecule has 2 aromatic rings. The van der Waals surface area contributed by atoms with Crippen LogP contribution in [0, 0.1) is 5.82 Å². The highest BCUT2D eigenvalue weighted by atomic mass is 19.1. The summed E-state index contributed by atoms with van der Waals surface area (Å²) in [5.74, 6) is -0.358. The van der Waals surface area contributed by atoms with E-state index in [4.69, 9.17) is 0 Å². The number of nitrogens with zero attached hydrogens (tertiary/aromatic N) is 2.